The second kappa shape index (κ2) is 7.71. The number of benzene rings is 1. The van der Waals surface area contributed by atoms with Crippen molar-refractivity contribution in [2.24, 2.45) is 0 Å². The van der Waals surface area contributed by atoms with Crippen LogP contribution in [0.2, 0.25) is 0 Å². The Bertz CT molecular complexity index is 759. The molecule has 2 aliphatic rings. The number of amides is 1. The lowest BCUT2D eigenvalue weighted by atomic mass is 10.1. The Labute approximate surface area is 154 Å². The van der Waals surface area contributed by atoms with Crippen molar-refractivity contribution in [2.75, 3.05) is 6.61 Å². The van der Waals surface area contributed by atoms with Gasteiger partial charge in [0.2, 0.25) is 11.1 Å². The highest BCUT2D eigenvalue weighted by Gasteiger charge is 2.31. The minimum Gasteiger partial charge on any atom is -0.376 e. The van der Waals surface area contributed by atoms with Gasteiger partial charge in [-0.2, -0.15) is 0 Å². The van der Waals surface area contributed by atoms with Gasteiger partial charge in [-0.1, -0.05) is 23.9 Å². The molecule has 1 amide bonds. The van der Waals surface area contributed by atoms with Crippen LogP contribution in [0.5, 0.6) is 0 Å². The van der Waals surface area contributed by atoms with Crippen LogP contribution in [0.3, 0.4) is 0 Å². The van der Waals surface area contributed by atoms with Gasteiger partial charge in [-0.3, -0.25) is 4.79 Å². The Hall–Kier alpha value is -2.00. The molecule has 1 aromatic carbocycles. The fraction of sp³-hybridized carbons (Fsp3) is 0.529. The molecule has 1 saturated carbocycles. The van der Waals surface area contributed by atoms with Gasteiger partial charge in [0.15, 0.2) is 0 Å². The minimum atomic E-state index is -0.537. The van der Waals surface area contributed by atoms with E-state index >= 15 is 0 Å². The average Bonchev–Trinajstić information content (AvgIpc) is 3.11. The lowest BCUT2D eigenvalue weighted by molar-refractivity contribution is -0.120. The van der Waals surface area contributed by atoms with Gasteiger partial charge < -0.3 is 10.1 Å². The van der Waals surface area contributed by atoms with E-state index in [1.54, 1.807) is 16.8 Å². The topological polar surface area (TPSA) is 81.9 Å². The van der Waals surface area contributed by atoms with Crippen LogP contribution in [-0.4, -0.2) is 44.9 Å². The predicted octanol–water partition coefficient (Wildman–Crippen LogP) is 2.10. The number of ether oxygens (including phenoxy) is 1. The van der Waals surface area contributed by atoms with E-state index in [1.807, 2.05) is 0 Å². The molecule has 1 saturated heterocycles. The summed E-state index contributed by atoms with van der Waals surface area (Å²) in [5, 5.41) is 14.9. The molecule has 0 bridgehead atoms. The molecule has 2 heterocycles. The smallest absolute Gasteiger partial charge is 0.238 e. The molecular formula is C17H20FN5O2S. The van der Waals surface area contributed by atoms with Crippen molar-refractivity contribution in [3.05, 3.63) is 35.6 Å². The van der Waals surface area contributed by atoms with Crippen LogP contribution in [0.4, 0.5) is 4.39 Å². The molecule has 0 spiro atoms. The van der Waals surface area contributed by atoms with Gasteiger partial charge in [0.05, 0.1) is 12.6 Å². The molecule has 2 aromatic rings. The number of nitrogens with one attached hydrogen (secondary N) is 1. The Kier molecular flexibility index (Phi) is 5.16. The minimum absolute atomic E-state index is 0.0995. The van der Waals surface area contributed by atoms with Gasteiger partial charge in [0.25, 0.3) is 0 Å². The first-order valence-corrected chi connectivity index (χ1v) is 9.67. The maximum atomic E-state index is 13.3. The van der Waals surface area contributed by atoms with Crippen LogP contribution in [0, 0.1) is 5.82 Å². The monoisotopic (exact) mass is 377 g/mol. The van der Waals surface area contributed by atoms with Crippen LogP contribution in [0.15, 0.2) is 29.4 Å². The second-order valence-electron chi connectivity index (χ2n) is 6.61. The SMILES string of the molecule is O=C(NC1CC1)[C@H](Sc1nnnn1C[C@H]1CCCO1)c1ccc(F)cc1. The number of hydrogen-bond donors (Lipinski definition) is 1. The summed E-state index contributed by atoms with van der Waals surface area (Å²) in [4.78, 5) is 12.7. The highest BCUT2D eigenvalue weighted by Crippen LogP contribution is 2.35. The highest BCUT2D eigenvalue weighted by atomic mass is 32.2. The van der Waals surface area contributed by atoms with E-state index < -0.39 is 5.25 Å². The fourth-order valence-corrected chi connectivity index (χ4v) is 3.89. The molecule has 26 heavy (non-hydrogen) atoms. The van der Waals surface area contributed by atoms with E-state index in [-0.39, 0.29) is 23.9 Å². The highest BCUT2D eigenvalue weighted by molar-refractivity contribution is 8.00. The second-order valence-corrected chi connectivity index (χ2v) is 7.68. The van der Waals surface area contributed by atoms with Gasteiger partial charge in [-0.25, -0.2) is 9.07 Å². The first-order valence-electron chi connectivity index (χ1n) is 8.79. The van der Waals surface area contributed by atoms with Crippen LogP contribution >= 0.6 is 11.8 Å². The molecule has 2 atom stereocenters. The molecule has 1 aromatic heterocycles. The van der Waals surface area contributed by atoms with Gasteiger partial charge in [-0.05, 0) is 53.8 Å². The third-order valence-electron chi connectivity index (χ3n) is 4.46. The quantitative estimate of drug-likeness (QED) is 0.744. The first-order chi connectivity index (χ1) is 12.7. The van der Waals surface area contributed by atoms with Crippen LogP contribution in [0.25, 0.3) is 0 Å². The van der Waals surface area contributed by atoms with Crippen molar-refractivity contribution in [3.63, 3.8) is 0 Å². The molecular weight excluding hydrogens is 357 g/mol. The van der Waals surface area contributed by atoms with Crippen molar-refractivity contribution >= 4 is 17.7 Å². The Morgan fingerprint density at radius 2 is 2.15 bits per heavy atom. The van der Waals surface area contributed by atoms with E-state index in [1.165, 1.54) is 23.9 Å². The zero-order valence-electron chi connectivity index (χ0n) is 14.2. The summed E-state index contributed by atoms with van der Waals surface area (Å²) < 4.78 is 20.6. The summed E-state index contributed by atoms with van der Waals surface area (Å²) >= 11 is 1.28. The summed E-state index contributed by atoms with van der Waals surface area (Å²) in [6.07, 6.45) is 4.12. The number of halogens is 1. The predicted molar refractivity (Wildman–Crippen MR) is 93.0 cm³/mol. The zero-order valence-corrected chi connectivity index (χ0v) is 15.0. The van der Waals surface area contributed by atoms with Crippen LogP contribution in [0.1, 0.15) is 36.5 Å². The molecule has 9 heteroatoms. The summed E-state index contributed by atoms with van der Waals surface area (Å²) in [5.74, 6) is -0.431. The lowest BCUT2D eigenvalue weighted by Crippen LogP contribution is -2.30. The molecule has 1 aliphatic heterocycles. The summed E-state index contributed by atoms with van der Waals surface area (Å²) in [6.45, 7) is 1.33. The molecule has 1 N–H and O–H groups in total. The molecule has 7 nitrogen and oxygen atoms in total. The van der Waals surface area contributed by atoms with E-state index in [4.69, 9.17) is 4.74 Å². The lowest BCUT2D eigenvalue weighted by Gasteiger charge is -2.17. The van der Waals surface area contributed by atoms with E-state index in [0.29, 0.717) is 11.7 Å². The number of rotatable bonds is 7. The van der Waals surface area contributed by atoms with E-state index in [9.17, 15) is 9.18 Å². The van der Waals surface area contributed by atoms with Crippen molar-refractivity contribution in [1.82, 2.24) is 25.5 Å². The van der Waals surface area contributed by atoms with Gasteiger partial charge in [0, 0.05) is 12.6 Å². The molecule has 0 radical (unpaired) electrons. The molecule has 1 aliphatic carbocycles. The number of tetrazole rings is 1. The summed E-state index contributed by atoms with van der Waals surface area (Å²) in [5.41, 5.74) is 0.723. The van der Waals surface area contributed by atoms with E-state index in [2.05, 4.69) is 20.8 Å². The van der Waals surface area contributed by atoms with Gasteiger partial charge >= 0.3 is 0 Å². The maximum Gasteiger partial charge on any atom is 0.238 e. The summed E-state index contributed by atoms with van der Waals surface area (Å²) in [6, 6.07) is 6.24. The van der Waals surface area contributed by atoms with Gasteiger partial charge in [-0.15, -0.1) is 5.10 Å². The van der Waals surface area contributed by atoms with Crippen molar-refractivity contribution in [3.8, 4) is 0 Å². The van der Waals surface area contributed by atoms with Gasteiger partial charge in [0.1, 0.15) is 11.1 Å². The first kappa shape index (κ1) is 17.4. The van der Waals surface area contributed by atoms with Crippen molar-refractivity contribution in [2.45, 2.75) is 54.8 Å². The maximum absolute atomic E-state index is 13.3. The zero-order chi connectivity index (χ0) is 17.9. The number of thioether (sulfide) groups is 1. The molecule has 0 unspecified atom stereocenters. The fourth-order valence-electron chi connectivity index (χ4n) is 2.90. The summed E-state index contributed by atoms with van der Waals surface area (Å²) in [7, 11) is 0. The number of hydrogen-bond acceptors (Lipinski definition) is 6. The van der Waals surface area contributed by atoms with E-state index in [0.717, 1.165) is 37.9 Å². The largest absolute Gasteiger partial charge is 0.376 e. The molecule has 138 valence electrons. The normalized spacial score (nSPS) is 20.9. The number of carbonyl (C=O) groups excluding carboxylic acids is 1. The Morgan fingerprint density at radius 3 is 2.85 bits per heavy atom. The van der Waals surface area contributed by atoms with Crippen LogP contribution < -0.4 is 5.32 Å². The standard InChI is InChI=1S/C17H20FN5O2S/c18-12-5-3-11(4-6-12)15(16(24)19-13-7-8-13)26-17-20-21-22-23(17)10-14-2-1-9-25-14/h3-6,13-15H,1-2,7-10H2,(H,19,24)/t14-,15-/m1/s1. The number of nitrogens with zero attached hydrogens (tertiary/aromatic N) is 4. The van der Waals surface area contributed by atoms with Crippen LogP contribution in [-0.2, 0) is 16.1 Å². The van der Waals surface area contributed by atoms with Crippen molar-refractivity contribution in [1.29, 1.82) is 0 Å². The Balaban J connectivity index is 1.53. The third-order valence-corrected chi connectivity index (χ3v) is 5.68. The average molecular weight is 377 g/mol. The Morgan fingerprint density at radius 1 is 1.35 bits per heavy atom. The van der Waals surface area contributed by atoms with Crippen molar-refractivity contribution < 1.29 is 13.9 Å². The molecule has 2 fully saturated rings. The third kappa shape index (κ3) is 4.21. The number of aromatic nitrogens is 4. The molecule has 4 rings (SSSR count). The number of carbonyl (C=O) groups is 1.